The van der Waals surface area contributed by atoms with Crippen molar-refractivity contribution in [1.82, 2.24) is 19.7 Å². The Kier molecular flexibility index (Phi) is 7.95. The van der Waals surface area contributed by atoms with Crippen molar-refractivity contribution in [3.05, 3.63) is 84.7 Å². The number of benzene rings is 2. The average molecular weight is 433 g/mol. The first-order chi connectivity index (χ1) is 15.3. The van der Waals surface area contributed by atoms with Crippen LogP contribution in [0.3, 0.4) is 0 Å². The molecule has 0 N–H and O–H groups in total. The topological polar surface area (TPSA) is 69.9 Å². The Morgan fingerprint density at radius 1 is 0.935 bits per heavy atom. The van der Waals surface area contributed by atoms with E-state index in [0.29, 0.717) is 16.5 Å². The number of rotatable bonds is 7. The van der Waals surface area contributed by atoms with Gasteiger partial charge in [-0.15, -0.1) is 10.2 Å². The maximum atomic E-state index is 12.5. The molecule has 0 saturated carbocycles. The van der Waals surface area contributed by atoms with Gasteiger partial charge in [-0.05, 0) is 36.4 Å². The Morgan fingerprint density at radius 2 is 1.61 bits per heavy atom. The molecule has 2 aromatic heterocycles. The molecular formula is C24H24N4O2S. The molecule has 2 aromatic carbocycles. The minimum atomic E-state index is 0.0466. The molecular weight excluding hydrogens is 408 g/mol. The second-order valence-corrected chi connectivity index (χ2v) is 7.10. The van der Waals surface area contributed by atoms with Crippen LogP contribution in [0.1, 0.15) is 24.2 Å². The number of nitrogens with zero attached hydrogens (tertiary/aromatic N) is 4. The van der Waals surface area contributed by atoms with Crippen molar-refractivity contribution in [2.45, 2.75) is 19.0 Å². The van der Waals surface area contributed by atoms with Crippen molar-refractivity contribution in [2.24, 2.45) is 0 Å². The Hall–Kier alpha value is -3.45. The molecule has 0 aliphatic heterocycles. The molecule has 2 heterocycles. The van der Waals surface area contributed by atoms with E-state index in [0.717, 1.165) is 17.0 Å². The van der Waals surface area contributed by atoms with Crippen LogP contribution < -0.4 is 4.74 Å². The van der Waals surface area contributed by atoms with Gasteiger partial charge in [0, 0.05) is 29.2 Å². The second-order valence-electron chi connectivity index (χ2n) is 6.15. The highest BCUT2D eigenvalue weighted by molar-refractivity contribution is 7.99. The maximum Gasteiger partial charge on any atom is 0.196 e. The summed E-state index contributed by atoms with van der Waals surface area (Å²) in [7, 11) is 1.63. The summed E-state index contributed by atoms with van der Waals surface area (Å²) >= 11 is 1.36. The number of ketones is 1. The predicted octanol–water partition coefficient (Wildman–Crippen LogP) is 5.34. The van der Waals surface area contributed by atoms with Crippen LogP contribution in [-0.4, -0.2) is 38.4 Å². The molecule has 6 nitrogen and oxygen atoms in total. The Bertz CT molecular complexity index is 1100. The van der Waals surface area contributed by atoms with Gasteiger partial charge in [0.25, 0.3) is 0 Å². The number of Topliss-reactive ketones (excluding diaryl/α,β-unsaturated/α-hetero) is 1. The predicted molar refractivity (Wildman–Crippen MR) is 124 cm³/mol. The number of aromatic nitrogens is 4. The summed E-state index contributed by atoms with van der Waals surface area (Å²) in [6.07, 6.45) is 3.43. The summed E-state index contributed by atoms with van der Waals surface area (Å²) in [5.41, 5.74) is 2.46. The zero-order valence-electron chi connectivity index (χ0n) is 17.7. The van der Waals surface area contributed by atoms with E-state index in [2.05, 4.69) is 15.2 Å². The van der Waals surface area contributed by atoms with Gasteiger partial charge in [0.15, 0.2) is 16.8 Å². The number of ether oxygens (including phenoxy) is 1. The standard InChI is InChI=1S/C22H18N4O2S.C2H6/c1-28-19-9-7-18(8-10-19)26-21(17-11-13-23-14-12-17)24-25-22(26)29-15-20(27)16-5-3-2-4-6-16;1-2/h2-14H,15H2,1H3;1-2H3. The molecule has 0 radical (unpaired) electrons. The van der Waals surface area contributed by atoms with E-state index in [4.69, 9.17) is 4.74 Å². The van der Waals surface area contributed by atoms with Crippen LogP contribution in [-0.2, 0) is 0 Å². The monoisotopic (exact) mass is 432 g/mol. The number of hydrogen-bond donors (Lipinski definition) is 0. The molecule has 4 aromatic rings. The van der Waals surface area contributed by atoms with Crippen LogP contribution in [0.4, 0.5) is 0 Å². The van der Waals surface area contributed by atoms with Crippen molar-refractivity contribution in [1.29, 1.82) is 0 Å². The second kappa shape index (κ2) is 11.1. The van der Waals surface area contributed by atoms with Crippen LogP contribution in [0.5, 0.6) is 5.75 Å². The third-order valence-corrected chi connectivity index (χ3v) is 5.26. The highest BCUT2D eigenvalue weighted by Gasteiger charge is 2.17. The molecule has 0 unspecified atom stereocenters. The minimum absolute atomic E-state index is 0.0466. The lowest BCUT2D eigenvalue weighted by atomic mass is 10.2. The minimum Gasteiger partial charge on any atom is -0.497 e. The summed E-state index contributed by atoms with van der Waals surface area (Å²) in [6, 6.07) is 20.7. The summed E-state index contributed by atoms with van der Waals surface area (Å²) in [5.74, 6) is 1.77. The van der Waals surface area contributed by atoms with E-state index in [-0.39, 0.29) is 11.5 Å². The lowest BCUT2D eigenvalue weighted by Gasteiger charge is -2.11. The van der Waals surface area contributed by atoms with Gasteiger partial charge in [-0.1, -0.05) is 55.9 Å². The molecule has 0 fully saturated rings. The Labute approximate surface area is 186 Å². The molecule has 0 saturated heterocycles. The molecule has 0 amide bonds. The third kappa shape index (κ3) is 5.38. The van der Waals surface area contributed by atoms with Crippen molar-refractivity contribution < 1.29 is 9.53 Å². The zero-order chi connectivity index (χ0) is 22.1. The molecule has 158 valence electrons. The van der Waals surface area contributed by atoms with Gasteiger partial charge in [0.05, 0.1) is 12.9 Å². The van der Waals surface area contributed by atoms with Gasteiger partial charge < -0.3 is 4.74 Å². The number of carbonyl (C=O) groups excluding carboxylic acids is 1. The van der Waals surface area contributed by atoms with E-state index in [1.807, 2.05) is 85.1 Å². The lowest BCUT2D eigenvalue weighted by molar-refractivity contribution is 0.102. The molecule has 0 bridgehead atoms. The fraction of sp³-hybridized carbons (Fsp3) is 0.167. The van der Waals surface area contributed by atoms with Crippen molar-refractivity contribution >= 4 is 17.5 Å². The van der Waals surface area contributed by atoms with E-state index < -0.39 is 0 Å². The Balaban J connectivity index is 0.00000132. The Morgan fingerprint density at radius 3 is 2.26 bits per heavy atom. The molecule has 4 rings (SSSR count). The van der Waals surface area contributed by atoms with E-state index in [1.54, 1.807) is 19.5 Å². The highest BCUT2D eigenvalue weighted by atomic mass is 32.2. The fourth-order valence-electron chi connectivity index (χ4n) is 2.85. The number of carbonyl (C=O) groups is 1. The van der Waals surface area contributed by atoms with Crippen LogP contribution in [0, 0.1) is 0 Å². The largest absolute Gasteiger partial charge is 0.497 e. The number of pyridine rings is 1. The molecule has 0 aliphatic carbocycles. The van der Waals surface area contributed by atoms with Crippen molar-refractivity contribution in [3.8, 4) is 22.8 Å². The van der Waals surface area contributed by atoms with Crippen molar-refractivity contribution in [3.63, 3.8) is 0 Å². The first-order valence-electron chi connectivity index (χ1n) is 9.97. The molecule has 0 atom stereocenters. The summed E-state index contributed by atoms with van der Waals surface area (Å²) < 4.78 is 7.20. The van der Waals surface area contributed by atoms with Gasteiger partial charge in [-0.2, -0.15) is 0 Å². The van der Waals surface area contributed by atoms with Crippen LogP contribution in [0.2, 0.25) is 0 Å². The van der Waals surface area contributed by atoms with Gasteiger partial charge in [-0.25, -0.2) is 0 Å². The maximum absolute atomic E-state index is 12.5. The molecule has 0 spiro atoms. The average Bonchev–Trinajstić information content (AvgIpc) is 3.29. The van der Waals surface area contributed by atoms with Crippen LogP contribution in [0.25, 0.3) is 17.1 Å². The van der Waals surface area contributed by atoms with Gasteiger partial charge >= 0.3 is 0 Å². The van der Waals surface area contributed by atoms with E-state index in [1.165, 1.54) is 11.8 Å². The summed E-state index contributed by atoms with van der Waals surface area (Å²) in [5, 5.41) is 9.37. The lowest BCUT2D eigenvalue weighted by Crippen LogP contribution is -2.05. The van der Waals surface area contributed by atoms with Gasteiger partial charge in [0.2, 0.25) is 0 Å². The highest BCUT2D eigenvalue weighted by Crippen LogP contribution is 2.29. The summed E-state index contributed by atoms with van der Waals surface area (Å²) in [6.45, 7) is 4.00. The molecule has 7 heteroatoms. The third-order valence-electron chi connectivity index (χ3n) is 4.33. The van der Waals surface area contributed by atoms with E-state index in [9.17, 15) is 4.79 Å². The molecule has 31 heavy (non-hydrogen) atoms. The SMILES string of the molecule is CC.COc1ccc(-n2c(SCC(=O)c3ccccc3)nnc2-c2ccncc2)cc1. The number of hydrogen-bond acceptors (Lipinski definition) is 6. The van der Waals surface area contributed by atoms with Crippen LogP contribution >= 0.6 is 11.8 Å². The number of thioether (sulfide) groups is 1. The summed E-state index contributed by atoms with van der Waals surface area (Å²) in [4.78, 5) is 16.6. The zero-order valence-corrected chi connectivity index (χ0v) is 18.5. The van der Waals surface area contributed by atoms with E-state index >= 15 is 0 Å². The molecule has 0 aliphatic rings. The normalized spacial score (nSPS) is 10.2. The van der Waals surface area contributed by atoms with Crippen LogP contribution in [0.15, 0.2) is 84.3 Å². The van der Waals surface area contributed by atoms with Gasteiger partial charge in [-0.3, -0.25) is 14.3 Å². The van der Waals surface area contributed by atoms with Gasteiger partial charge in [0.1, 0.15) is 5.75 Å². The first kappa shape index (κ1) is 22.2. The quantitative estimate of drug-likeness (QED) is 0.290. The fourth-order valence-corrected chi connectivity index (χ4v) is 3.70. The van der Waals surface area contributed by atoms with Crippen molar-refractivity contribution in [2.75, 3.05) is 12.9 Å². The smallest absolute Gasteiger partial charge is 0.196 e. The first-order valence-corrected chi connectivity index (χ1v) is 11.0. The number of methoxy groups -OCH3 is 1.